The minimum atomic E-state index is -4.65. The summed E-state index contributed by atoms with van der Waals surface area (Å²) in [5, 5.41) is 1.76. The van der Waals surface area contributed by atoms with Crippen LogP contribution in [0.5, 0.6) is 0 Å². The number of halogens is 3. The maximum atomic E-state index is 12.7. The van der Waals surface area contributed by atoms with Crippen LogP contribution in [0.25, 0.3) is 0 Å². The van der Waals surface area contributed by atoms with Crippen LogP contribution in [0.4, 0.5) is 18.0 Å². The second-order valence-corrected chi connectivity index (χ2v) is 4.68. The Hall–Kier alpha value is -2.31. The number of amides is 2. The van der Waals surface area contributed by atoms with Crippen molar-refractivity contribution in [3.63, 3.8) is 0 Å². The molecule has 0 bridgehead atoms. The van der Waals surface area contributed by atoms with Crippen LogP contribution >= 0.6 is 0 Å². The van der Waals surface area contributed by atoms with Gasteiger partial charge in [0, 0.05) is 19.0 Å². The van der Waals surface area contributed by atoms with Crippen molar-refractivity contribution in [2.45, 2.75) is 18.6 Å². The summed E-state index contributed by atoms with van der Waals surface area (Å²) in [7, 11) is 1.35. The Kier molecular flexibility index (Phi) is 4.02. The van der Waals surface area contributed by atoms with Crippen LogP contribution in [0.15, 0.2) is 42.1 Å². The first-order valence-electron chi connectivity index (χ1n) is 6.20. The lowest BCUT2D eigenvalue weighted by atomic mass is 10.0. The molecule has 2 amide bonds. The number of hydrogen-bond acceptors (Lipinski definition) is 2. The number of hydrogen-bond donors (Lipinski definition) is 1. The van der Waals surface area contributed by atoms with Gasteiger partial charge in [0.15, 0.2) is 5.78 Å². The number of nitrogens with zero attached hydrogens (tertiary/aromatic N) is 1. The van der Waals surface area contributed by atoms with Gasteiger partial charge in [0.25, 0.3) is 0 Å². The van der Waals surface area contributed by atoms with E-state index in [4.69, 9.17) is 0 Å². The first-order chi connectivity index (χ1) is 9.79. The van der Waals surface area contributed by atoms with E-state index in [1.165, 1.54) is 7.05 Å². The van der Waals surface area contributed by atoms with Gasteiger partial charge in [-0.2, -0.15) is 13.2 Å². The Balaban J connectivity index is 2.21. The third-order valence-electron chi connectivity index (χ3n) is 3.21. The molecule has 1 atom stereocenters. The molecule has 2 rings (SSSR count). The quantitative estimate of drug-likeness (QED) is 0.872. The number of ketones is 1. The molecule has 0 saturated carbocycles. The molecule has 1 aromatic carbocycles. The molecule has 0 aliphatic carbocycles. The molecular formula is C14H13F3N2O2. The van der Waals surface area contributed by atoms with Gasteiger partial charge in [0.2, 0.25) is 0 Å². The van der Waals surface area contributed by atoms with E-state index >= 15 is 0 Å². The molecule has 112 valence electrons. The summed E-state index contributed by atoms with van der Waals surface area (Å²) in [6, 6.07) is 6.43. The molecule has 1 unspecified atom stereocenters. The number of likely N-dealkylation sites (N-methyl/N-ethyl adjacent to an activating group) is 1. The highest BCUT2D eigenvalue weighted by Crippen LogP contribution is 2.27. The highest BCUT2D eigenvalue weighted by atomic mass is 19.4. The fourth-order valence-electron chi connectivity index (χ4n) is 1.99. The second kappa shape index (κ2) is 5.59. The van der Waals surface area contributed by atoms with E-state index in [9.17, 15) is 22.8 Å². The molecule has 1 aliphatic rings. The van der Waals surface area contributed by atoms with Crippen molar-refractivity contribution in [3.05, 3.63) is 47.7 Å². The van der Waals surface area contributed by atoms with Crippen molar-refractivity contribution in [2.75, 3.05) is 7.05 Å². The van der Waals surface area contributed by atoms with Gasteiger partial charge in [-0.25, -0.2) is 4.79 Å². The smallest absolute Gasteiger partial charge is 0.321 e. The summed E-state index contributed by atoms with van der Waals surface area (Å²) in [5.74, 6) is -0.320. The molecule has 21 heavy (non-hydrogen) atoms. The average molecular weight is 298 g/mol. The van der Waals surface area contributed by atoms with Gasteiger partial charge in [0.05, 0.1) is 6.04 Å². The fraction of sp³-hybridized carbons (Fsp3) is 0.286. The first kappa shape index (κ1) is 15.1. The standard InChI is InChI=1S/C14H13F3N2O2/c1-19-10(7-11(20)9-5-3-2-4-6-9)8-12(14(15,16)17)18-13(19)21/h2-6,8,10H,7H2,1H3,(H,18,21). The lowest BCUT2D eigenvalue weighted by Crippen LogP contribution is -2.50. The average Bonchev–Trinajstić information content (AvgIpc) is 2.43. The lowest BCUT2D eigenvalue weighted by Gasteiger charge is -2.31. The molecule has 1 aromatic rings. The number of urea groups is 1. The summed E-state index contributed by atoms with van der Waals surface area (Å²) in [6.45, 7) is 0. The minimum absolute atomic E-state index is 0.201. The second-order valence-electron chi connectivity index (χ2n) is 4.68. The highest BCUT2D eigenvalue weighted by Gasteiger charge is 2.40. The van der Waals surface area contributed by atoms with E-state index in [0.717, 1.165) is 11.0 Å². The molecule has 4 nitrogen and oxygen atoms in total. The van der Waals surface area contributed by atoms with Crippen LogP contribution in [0, 0.1) is 0 Å². The number of Topliss-reactive ketones (excluding diaryl/α,β-unsaturated/α-hetero) is 1. The minimum Gasteiger partial charge on any atom is -0.321 e. The predicted molar refractivity (Wildman–Crippen MR) is 69.6 cm³/mol. The van der Waals surface area contributed by atoms with Gasteiger partial charge in [-0.15, -0.1) is 0 Å². The molecule has 1 heterocycles. The first-order valence-corrected chi connectivity index (χ1v) is 6.20. The largest absolute Gasteiger partial charge is 0.431 e. The lowest BCUT2D eigenvalue weighted by molar-refractivity contribution is -0.0973. The third-order valence-corrected chi connectivity index (χ3v) is 3.21. The van der Waals surface area contributed by atoms with Gasteiger partial charge in [-0.1, -0.05) is 30.3 Å². The number of nitrogens with one attached hydrogen (secondary N) is 1. The van der Waals surface area contributed by atoms with Crippen LogP contribution in [0.3, 0.4) is 0 Å². The van der Waals surface area contributed by atoms with E-state index in [-0.39, 0.29) is 12.2 Å². The fourth-order valence-corrected chi connectivity index (χ4v) is 1.99. The van der Waals surface area contributed by atoms with E-state index in [0.29, 0.717) is 5.56 Å². The zero-order chi connectivity index (χ0) is 15.6. The Bertz CT molecular complexity index is 582. The van der Waals surface area contributed by atoms with Crippen LogP contribution in [-0.4, -0.2) is 36.0 Å². The molecule has 0 saturated heterocycles. The SMILES string of the molecule is CN1C(=O)NC(C(F)(F)F)=CC1CC(=O)c1ccccc1. The van der Waals surface area contributed by atoms with Crippen molar-refractivity contribution < 1.29 is 22.8 Å². The molecule has 0 spiro atoms. The van der Waals surface area contributed by atoms with Gasteiger partial charge in [-0.3, -0.25) is 4.79 Å². The van der Waals surface area contributed by atoms with Gasteiger partial charge >= 0.3 is 12.2 Å². The number of allylic oxidation sites excluding steroid dienone is 1. The number of alkyl halides is 3. The van der Waals surface area contributed by atoms with Crippen molar-refractivity contribution in [1.82, 2.24) is 10.2 Å². The summed E-state index contributed by atoms with van der Waals surface area (Å²) < 4.78 is 38.1. The topological polar surface area (TPSA) is 49.4 Å². The Morgan fingerprint density at radius 3 is 2.48 bits per heavy atom. The summed E-state index contributed by atoms with van der Waals surface area (Å²) in [6.07, 6.45) is -3.99. The van der Waals surface area contributed by atoms with Gasteiger partial charge in [0.1, 0.15) is 5.70 Å². The monoisotopic (exact) mass is 298 g/mol. The highest BCUT2D eigenvalue weighted by molar-refractivity contribution is 5.97. The van der Waals surface area contributed by atoms with Gasteiger partial charge < -0.3 is 10.2 Å². The zero-order valence-corrected chi connectivity index (χ0v) is 11.1. The molecule has 0 fully saturated rings. The maximum absolute atomic E-state index is 12.7. The van der Waals surface area contributed by atoms with Crippen LogP contribution in [0.1, 0.15) is 16.8 Å². The summed E-state index contributed by atoms with van der Waals surface area (Å²) >= 11 is 0. The van der Waals surface area contributed by atoms with Crippen LogP contribution in [0.2, 0.25) is 0 Å². The Labute approximate surface area is 119 Å². The summed E-state index contributed by atoms with van der Waals surface area (Å²) in [4.78, 5) is 24.7. The normalized spacial score (nSPS) is 19.0. The van der Waals surface area contributed by atoms with Crippen LogP contribution < -0.4 is 5.32 Å². The summed E-state index contributed by atoms with van der Waals surface area (Å²) in [5.41, 5.74) is -0.727. The zero-order valence-electron chi connectivity index (χ0n) is 11.1. The number of carbonyl (C=O) groups excluding carboxylic acids is 2. The third kappa shape index (κ3) is 3.42. The van der Waals surface area contributed by atoms with E-state index in [1.54, 1.807) is 35.6 Å². The van der Waals surface area contributed by atoms with Crippen molar-refractivity contribution >= 4 is 11.8 Å². The number of carbonyl (C=O) groups is 2. The number of benzene rings is 1. The molecule has 0 aromatic heterocycles. The van der Waals surface area contributed by atoms with Gasteiger partial charge in [-0.05, 0) is 6.08 Å². The van der Waals surface area contributed by atoms with E-state index < -0.39 is 23.9 Å². The Morgan fingerprint density at radius 1 is 1.29 bits per heavy atom. The molecule has 1 N–H and O–H groups in total. The molecular weight excluding hydrogens is 285 g/mol. The maximum Gasteiger partial charge on any atom is 0.431 e. The Morgan fingerprint density at radius 2 is 1.90 bits per heavy atom. The molecule has 0 radical (unpaired) electrons. The van der Waals surface area contributed by atoms with Crippen molar-refractivity contribution in [3.8, 4) is 0 Å². The van der Waals surface area contributed by atoms with E-state index in [2.05, 4.69) is 0 Å². The molecule has 7 heteroatoms. The van der Waals surface area contributed by atoms with Crippen molar-refractivity contribution in [2.24, 2.45) is 0 Å². The predicted octanol–water partition coefficient (Wildman–Crippen LogP) is 2.73. The molecule has 1 aliphatic heterocycles. The van der Waals surface area contributed by atoms with Crippen molar-refractivity contribution in [1.29, 1.82) is 0 Å². The number of rotatable bonds is 3. The van der Waals surface area contributed by atoms with E-state index in [1.807, 2.05) is 0 Å². The van der Waals surface area contributed by atoms with Crippen LogP contribution in [-0.2, 0) is 0 Å².